The molecule has 13 nitrogen and oxygen atoms in total. The van der Waals surface area contributed by atoms with E-state index in [1.54, 1.807) is 18.2 Å². The fraction of sp³-hybridized carbons (Fsp3) is 0.519. The molecule has 4 aliphatic rings. The van der Waals surface area contributed by atoms with Gasteiger partial charge in [-0.2, -0.15) is 0 Å². The minimum Gasteiger partial charge on any atom is -0.502 e. The van der Waals surface area contributed by atoms with E-state index in [1.165, 1.54) is 14.2 Å². The number of esters is 1. The molecule has 0 unspecified atom stereocenters. The van der Waals surface area contributed by atoms with Crippen molar-refractivity contribution in [2.75, 3.05) is 34.2 Å². The lowest BCUT2D eigenvalue weighted by molar-refractivity contribution is -0.277. The van der Waals surface area contributed by atoms with Gasteiger partial charge in [-0.1, -0.05) is 0 Å². The molecule has 2 aromatic rings. The molecular weight excluding hydrogens is 532 g/mol. The molecule has 0 spiro atoms. The zero-order valence-electron chi connectivity index (χ0n) is 21.7. The number of fused-ring (bicyclic) bond motifs is 3. The lowest BCUT2D eigenvalue weighted by Crippen LogP contribution is -2.60. The van der Waals surface area contributed by atoms with Crippen LogP contribution in [0.3, 0.4) is 0 Å². The van der Waals surface area contributed by atoms with Gasteiger partial charge in [0.25, 0.3) is 0 Å². The highest BCUT2D eigenvalue weighted by molar-refractivity contribution is 5.79. The molecule has 2 fully saturated rings. The van der Waals surface area contributed by atoms with Gasteiger partial charge in [-0.3, -0.25) is 4.79 Å². The Hall–Kier alpha value is -3.49. The lowest BCUT2D eigenvalue weighted by atomic mass is 9.67. The summed E-state index contributed by atoms with van der Waals surface area (Å²) in [4.78, 5) is 13.0. The number of hydrogen-bond donors (Lipinski definition) is 5. The number of ether oxygens (including phenoxy) is 7. The van der Waals surface area contributed by atoms with Crippen molar-refractivity contribution in [2.24, 2.45) is 11.8 Å². The number of carbonyl (C=O) groups excluding carboxylic acids is 1. The van der Waals surface area contributed by atoms with E-state index in [0.29, 0.717) is 28.9 Å². The van der Waals surface area contributed by atoms with E-state index in [1.807, 2.05) is 0 Å². The molecule has 8 atom stereocenters. The second-order valence-corrected chi connectivity index (χ2v) is 10.2. The smallest absolute Gasteiger partial charge is 0.310 e. The predicted octanol–water partition coefficient (Wildman–Crippen LogP) is -0.206. The maximum Gasteiger partial charge on any atom is 0.310 e. The van der Waals surface area contributed by atoms with Gasteiger partial charge in [0.05, 0.1) is 33.4 Å². The predicted molar refractivity (Wildman–Crippen MR) is 132 cm³/mol. The molecule has 2 saturated heterocycles. The van der Waals surface area contributed by atoms with Crippen molar-refractivity contribution in [3.05, 3.63) is 34.9 Å². The Labute approximate surface area is 228 Å². The number of rotatable bonds is 6. The van der Waals surface area contributed by atoms with Crippen LogP contribution in [0.4, 0.5) is 0 Å². The fourth-order valence-corrected chi connectivity index (χ4v) is 6.07. The SMILES string of the molecule is COc1cc([C@H]2c3cc4c(c(O[C@H]5O[C@@H](CO)[C@@H](O)[C@@H](O)[C@H]5O)c3C[C@H]3COC(=O)[C@@H]32)OCO4)cc(OC)c1O. The average Bonchev–Trinajstić information content (AvgIpc) is 3.58. The van der Waals surface area contributed by atoms with Crippen molar-refractivity contribution in [1.29, 1.82) is 0 Å². The highest BCUT2D eigenvalue weighted by atomic mass is 16.7. The van der Waals surface area contributed by atoms with E-state index >= 15 is 0 Å². The second-order valence-electron chi connectivity index (χ2n) is 10.2. The Morgan fingerprint density at radius 1 is 0.975 bits per heavy atom. The molecule has 40 heavy (non-hydrogen) atoms. The maximum atomic E-state index is 13.0. The van der Waals surface area contributed by atoms with Crippen molar-refractivity contribution in [1.82, 2.24) is 0 Å². The van der Waals surface area contributed by atoms with Gasteiger partial charge in [-0.25, -0.2) is 0 Å². The quantitative estimate of drug-likeness (QED) is 0.292. The van der Waals surface area contributed by atoms with Crippen LogP contribution in [-0.2, 0) is 20.7 Å². The van der Waals surface area contributed by atoms with Crippen LogP contribution in [0.1, 0.15) is 22.6 Å². The van der Waals surface area contributed by atoms with E-state index in [2.05, 4.69) is 0 Å². The fourth-order valence-electron chi connectivity index (χ4n) is 6.07. The molecule has 0 bridgehead atoms. The maximum absolute atomic E-state index is 13.0. The summed E-state index contributed by atoms with van der Waals surface area (Å²) in [7, 11) is 2.81. The van der Waals surface area contributed by atoms with Gasteiger partial charge in [0, 0.05) is 17.4 Å². The molecular formula is C27H30O13. The van der Waals surface area contributed by atoms with E-state index in [9.17, 15) is 30.3 Å². The first-order chi connectivity index (χ1) is 19.3. The zero-order valence-corrected chi connectivity index (χ0v) is 21.7. The summed E-state index contributed by atoms with van der Waals surface area (Å²) in [5.74, 6) is -0.932. The minimum absolute atomic E-state index is 0.107. The van der Waals surface area contributed by atoms with E-state index in [0.717, 1.165) is 0 Å². The Morgan fingerprint density at radius 3 is 2.38 bits per heavy atom. The van der Waals surface area contributed by atoms with Crippen LogP contribution < -0.4 is 23.7 Å². The zero-order chi connectivity index (χ0) is 28.3. The van der Waals surface area contributed by atoms with Gasteiger partial charge in [0.15, 0.2) is 23.0 Å². The van der Waals surface area contributed by atoms with Crippen molar-refractivity contribution < 1.29 is 63.5 Å². The molecule has 216 valence electrons. The Kier molecular flexibility index (Phi) is 6.79. The van der Waals surface area contributed by atoms with Crippen LogP contribution in [-0.4, -0.2) is 96.4 Å². The van der Waals surface area contributed by atoms with Gasteiger partial charge in [0.1, 0.15) is 24.4 Å². The Morgan fingerprint density at radius 2 is 1.70 bits per heavy atom. The van der Waals surface area contributed by atoms with Crippen LogP contribution in [0, 0.1) is 11.8 Å². The van der Waals surface area contributed by atoms with Gasteiger partial charge >= 0.3 is 5.97 Å². The Bertz CT molecular complexity index is 1280. The normalized spacial score (nSPS) is 32.2. The number of cyclic esters (lactones) is 1. The number of phenolic OH excluding ortho intramolecular Hbond substituents is 1. The highest BCUT2D eigenvalue weighted by Gasteiger charge is 2.51. The molecule has 3 heterocycles. The molecule has 0 radical (unpaired) electrons. The highest BCUT2D eigenvalue weighted by Crippen LogP contribution is 2.56. The number of benzene rings is 2. The summed E-state index contributed by atoms with van der Waals surface area (Å²) in [5, 5.41) is 51.3. The third-order valence-corrected chi connectivity index (χ3v) is 8.08. The number of aliphatic hydroxyl groups excluding tert-OH is 4. The summed E-state index contributed by atoms with van der Waals surface area (Å²) in [6.45, 7) is -0.561. The molecule has 13 heteroatoms. The van der Waals surface area contributed by atoms with Gasteiger partial charge in [-0.05, 0) is 35.7 Å². The first-order valence-corrected chi connectivity index (χ1v) is 12.8. The number of carbonyl (C=O) groups is 1. The first kappa shape index (κ1) is 26.7. The topological polar surface area (TPSA) is 183 Å². The number of aromatic hydroxyl groups is 1. The third-order valence-electron chi connectivity index (χ3n) is 8.08. The van der Waals surface area contributed by atoms with E-state index in [4.69, 9.17) is 33.2 Å². The standard InChI is InChI=1S/C27H30O13/c1-34-14-4-10(5-15(35-2)20(14)29)18-12-6-16-25(38-9-37-16)24(13(12)3-11-8-36-26(33)19(11)18)40-27-23(32)22(31)21(30)17(7-28)39-27/h4-6,11,17-19,21-23,27-32H,3,7-9H2,1-2H3/t11-,17-,18-,19-,21+,22+,23+,27+/m0/s1. The first-order valence-electron chi connectivity index (χ1n) is 12.8. The monoisotopic (exact) mass is 562 g/mol. The summed E-state index contributed by atoms with van der Waals surface area (Å²) >= 11 is 0. The molecule has 2 aromatic carbocycles. The summed E-state index contributed by atoms with van der Waals surface area (Å²) in [6, 6.07) is 5.02. The van der Waals surface area contributed by atoms with Crippen LogP contribution in [0.2, 0.25) is 0 Å². The van der Waals surface area contributed by atoms with E-state index < -0.39 is 49.1 Å². The van der Waals surface area contributed by atoms with Crippen LogP contribution in [0.5, 0.6) is 34.5 Å². The molecule has 3 aliphatic heterocycles. The Balaban J connectivity index is 1.50. The van der Waals surface area contributed by atoms with Gasteiger partial charge in [0.2, 0.25) is 24.6 Å². The van der Waals surface area contributed by atoms with Gasteiger partial charge in [-0.15, -0.1) is 0 Å². The summed E-state index contributed by atoms with van der Waals surface area (Å²) < 4.78 is 39.4. The van der Waals surface area contributed by atoms with E-state index in [-0.39, 0.29) is 54.0 Å². The third kappa shape index (κ3) is 4.08. The van der Waals surface area contributed by atoms with Gasteiger partial charge < -0.3 is 58.7 Å². The summed E-state index contributed by atoms with van der Waals surface area (Å²) in [6.07, 6.45) is -7.15. The number of phenols is 1. The van der Waals surface area contributed by atoms with Crippen LogP contribution in [0.15, 0.2) is 18.2 Å². The van der Waals surface area contributed by atoms with Crippen LogP contribution >= 0.6 is 0 Å². The number of methoxy groups -OCH3 is 2. The number of aliphatic hydroxyl groups is 4. The second kappa shape index (κ2) is 10.2. The molecule has 5 N–H and O–H groups in total. The largest absolute Gasteiger partial charge is 0.502 e. The van der Waals surface area contributed by atoms with Crippen molar-refractivity contribution in [3.63, 3.8) is 0 Å². The average molecular weight is 563 g/mol. The lowest BCUT2D eigenvalue weighted by Gasteiger charge is -2.40. The van der Waals surface area contributed by atoms with Crippen molar-refractivity contribution >= 4 is 5.97 Å². The molecule has 6 rings (SSSR count). The summed E-state index contributed by atoms with van der Waals surface area (Å²) in [5.41, 5.74) is 1.90. The van der Waals surface area contributed by atoms with Crippen molar-refractivity contribution in [3.8, 4) is 34.5 Å². The minimum atomic E-state index is -1.65. The molecule has 0 saturated carbocycles. The molecule has 1 aliphatic carbocycles. The van der Waals surface area contributed by atoms with Crippen molar-refractivity contribution in [2.45, 2.75) is 43.0 Å². The molecule has 0 aromatic heterocycles. The van der Waals surface area contributed by atoms with Crippen LogP contribution in [0.25, 0.3) is 0 Å². The molecule has 0 amide bonds. The number of hydrogen-bond acceptors (Lipinski definition) is 13.